The van der Waals surface area contributed by atoms with Crippen LogP contribution in [0.3, 0.4) is 0 Å². The van der Waals surface area contributed by atoms with Crippen LogP contribution in [-0.2, 0) is 12.7 Å². The van der Waals surface area contributed by atoms with Crippen LogP contribution in [0.4, 0.5) is 13.2 Å². The van der Waals surface area contributed by atoms with Crippen LogP contribution in [0.15, 0.2) is 65.6 Å². The maximum Gasteiger partial charge on any atom is 0.416 e. The Kier molecular flexibility index (Phi) is 5.96. The maximum atomic E-state index is 13.1. The van der Waals surface area contributed by atoms with Crippen LogP contribution < -0.4 is 15.6 Å². The van der Waals surface area contributed by atoms with Crippen molar-refractivity contribution in [2.75, 3.05) is 7.11 Å². The Labute approximate surface area is 170 Å². The molecule has 0 aliphatic rings. The van der Waals surface area contributed by atoms with Gasteiger partial charge in [0.15, 0.2) is 0 Å². The largest absolute Gasteiger partial charge is 0.497 e. The van der Waals surface area contributed by atoms with E-state index in [-0.39, 0.29) is 17.8 Å². The van der Waals surface area contributed by atoms with Crippen molar-refractivity contribution in [3.05, 3.63) is 93.4 Å². The van der Waals surface area contributed by atoms with Crippen molar-refractivity contribution in [3.8, 4) is 11.4 Å². The molecule has 0 aliphatic heterocycles. The molecule has 0 fully saturated rings. The summed E-state index contributed by atoms with van der Waals surface area (Å²) in [6.45, 7) is 1.78. The third-order valence-electron chi connectivity index (χ3n) is 4.60. The number of pyridine rings is 1. The molecular formula is C22H19F3N2O3. The first-order valence-electron chi connectivity index (χ1n) is 9.01. The van der Waals surface area contributed by atoms with Crippen LogP contribution in [0.25, 0.3) is 5.69 Å². The third-order valence-corrected chi connectivity index (χ3v) is 4.60. The zero-order valence-corrected chi connectivity index (χ0v) is 16.3. The Morgan fingerprint density at radius 1 is 1.10 bits per heavy atom. The summed E-state index contributed by atoms with van der Waals surface area (Å²) in [5.74, 6) is 0.0577. The van der Waals surface area contributed by atoms with E-state index in [0.29, 0.717) is 11.3 Å². The molecule has 2 aromatic carbocycles. The monoisotopic (exact) mass is 416 g/mol. The van der Waals surface area contributed by atoms with E-state index < -0.39 is 23.2 Å². The number of halogens is 3. The molecule has 0 radical (unpaired) electrons. The first kappa shape index (κ1) is 21.2. The van der Waals surface area contributed by atoms with E-state index in [1.165, 1.54) is 24.4 Å². The van der Waals surface area contributed by atoms with Gasteiger partial charge in [-0.3, -0.25) is 14.2 Å². The molecule has 3 aromatic rings. The van der Waals surface area contributed by atoms with Gasteiger partial charge in [-0.15, -0.1) is 0 Å². The average molecular weight is 416 g/mol. The van der Waals surface area contributed by atoms with Crippen molar-refractivity contribution < 1.29 is 22.7 Å². The molecule has 1 aromatic heterocycles. The second-order valence-corrected chi connectivity index (χ2v) is 6.63. The van der Waals surface area contributed by atoms with Gasteiger partial charge in [0.1, 0.15) is 11.3 Å². The standard InChI is InChI=1S/C22H19F3N2O3/c1-14-5-8-16(22(23,24)25)12-19(14)27-11-3-4-18(21(27)29)20(28)26-13-15-6-9-17(30-2)10-7-15/h3-12H,13H2,1-2H3,(H,26,28). The van der Waals surface area contributed by atoms with Gasteiger partial charge in [-0.2, -0.15) is 13.2 Å². The second-order valence-electron chi connectivity index (χ2n) is 6.63. The lowest BCUT2D eigenvalue weighted by Crippen LogP contribution is -2.32. The fourth-order valence-corrected chi connectivity index (χ4v) is 2.92. The number of hydrogen-bond donors (Lipinski definition) is 1. The second kappa shape index (κ2) is 8.44. The summed E-state index contributed by atoms with van der Waals surface area (Å²) in [7, 11) is 1.54. The molecule has 8 heteroatoms. The van der Waals surface area contributed by atoms with Gasteiger partial charge in [-0.1, -0.05) is 18.2 Å². The zero-order chi connectivity index (χ0) is 21.9. The molecule has 3 rings (SSSR count). The molecule has 0 unspecified atom stereocenters. The molecule has 0 atom stereocenters. The summed E-state index contributed by atoms with van der Waals surface area (Å²) in [6, 6.07) is 13.0. The highest BCUT2D eigenvalue weighted by molar-refractivity contribution is 5.93. The predicted molar refractivity (Wildman–Crippen MR) is 106 cm³/mol. The van der Waals surface area contributed by atoms with Crippen molar-refractivity contribution in [2.24, 2.45) is 0 Å². The highest BCUT2D eigenvalue weighted by atomic mass is 19.4. The number of nitrogens with one attached hydrogen (secondary N) is 1. The number of benzene rings is 2. The van der Waals surface area contributed by atoms with Crippen molar-refractivity contribution in [1.29, 1.82) is 0 Å². The minimum atomic E-state index is -4.54. The summed E-state index contributed by atoms with van der Waals surface area (Å²) in [4.78, 5) is 25.4. The SMILES string of the molecule is COc1ccc(CNC(=O)c2cccn(-c3cc(C(F)(F)F)ccc3C)c2=O)cc1. The highest BCUT2D eigenvalue weighted by Crippen LogP contribution is 2.31. The fraction of sp³-hybridized carbons (Fsp3) is 0.182. The van der Waals surface area contributed by atoms with Gasteiger partial charge in [0.25, 0.3) is 11.5 Å². The minimum Gasteiger partial charge on any atom is -0.497 e. The Morgan fingerprint density at radius 3 is 2.43 bits per heavy atom. The van der Waals surface area contributed by atoms with E-state index in [0.717, 1.165) is 22.3 Å². The zero-order valence-electron chi connectivity index (χ0n) is 16.3. The molecule has 0 saturated carbocycles. The van der Waals surface area contributed by atoms with Gasteiger partial charge in [0.2, 0.25) is 0 Å². The van der Waals surface area contributed by atoms with E-state index in [1.807, 2.05) is 0 Å². The van der Waals surface area contributed by atoms with E-state index in [2.05, 4.69) is 5.32 Å². The topological polar surface area (TPSA) is 60.3 Å². The molecular weight excluding hydrogens is 397 g/mol. The summed E-state index contributed by atoms with van der Waals surface area (Å²) in [6.07, 6.45) is -3.20. The molecule has 156 valence electrons. The lowest BCUT2D eigenvalue weighted by molar-refractivity contribution is -0.137. The maximum absolute atomic E-state index is 13.1. The predicted octanol–water partition coefficient (Wildman–Crippen LogP) is 4.10. The number of carbonyl (C=O) groups is 1. The van der Waals surface area contributed by atoms with Crippen molar-refractivity contribution in [3.63, 3.8) is 0 Å². The first-order chi connectivity index (χ1) is 14.2. The number of aryl methyl sites for hydroxylation is 1. The van der Waals surface area contributed by atoms with E-state index in [1.54, 1.807) is 38.3 Å². The van der Waals surface area contributed by atoms with Crippen LogP contribution in [0, 0.1) is 6.92 Å². The van der Waals surface area contributed by atoms with Crippen LogP contribution in [-0.4, -0.2) is 17.6 Å². The van der Waals surface area contributed by atoms with Gasteiger partial charge >= 0.3 is 6.18 Å². The van der Waals surface area contributed by atoms with Gasteiger partial charge in [0, 0.05) is 12.7 Å². The summed E-state index contributed by atoms with van der Waals surface area (Å²) < 4.78 is 45.3. The average Bonchev–Trinajstić information content (AvgIpc) is 2.72. The number of nitrogens with zero attached hydrogens (tertiary/aromatic N) is 1. The van der Waals surface area contributed by atoms with Gasteiger partial charge in [-0.25, -0.2) is 0 Å². The smallest absolute Gasteiger partial charge is 0.416 e. The van der Waals surface area contributed by atoms with Crippen LogP contribution in [0.5, 0.6) is 5.75 Å². The Balaban J connectivity index is 1.88. The molecule has 1 N–H and O–H groups in total. The number of ether oxygens (including phenoxy) is 1. The van der Waals surface area contributed by atoms with Gasteiger partial charge in [-0.05, 0) is 54.4 Å². The van der Waals surface area contributed by atoms with E-state index >= 15 is 0 Å². The van der Waals surface area contributed by atoms with Gasteiger partial charge < -0.3 is 10.1 Å². The summed E-state index contributed by atoms with van der Waals surface area (Å²) >= 11 is 0. The van der Waals surface area contributed by atoms with Crippen LogP contribution in [0.1, 0.15) is 27.0 Å². The number of methoxy groups -OCH3 is 1. The van der Waals surface area contributed by atoms with Crippen molar-refractivity contribution >= 4 is 5.91 Å². The van der Waals surface area contributed by atoms with Crippen LogP contribution in [0.2, 0.25) is 0 Å². The molecule has 1 amide bonds. The molecule has 5 nitrogen and oxygen atoms in total. The normalized spacial score (nSPS) is 11.2. The number of amides is 1. The Bertz CT molecular complexity index is 1120. The minimum absolute atomic E-state index is 0.0691. The Morgan fingerprint density at radius 2 is 1.80 bits per heavy atom. The molecule has 0 bridgehead atoms. The molecule has 0 spiro atoms. The van der Waals surface area contributed by atoms with Crippen LogP contribution >= 0.6 is 0 Å². The number of rotatable bonds is 5. The van der Waals surface area contributed by atoms with Gasteiger partial charge in [0.05, 0.1) is 18.4 Å². The molecule has 30 heavy (non-hydrogen) atoms. The Hall–Kier alpha value is -3.55. The van der Waals surface area contributed by atoms with E-state index in [9.17, 15) is 22.8 Å². The summed E-state index contributed by atoms with van der Waals surface area (Å²) in [5.41, 5.74) is -0.394. The number of aromatic nitrogens is 1. The third kappa shape index (κ3) is 4.53. The molecule has 0 aliphatic carbocycles. The van der Waals surface area contributed by atoms with E-state index in [4.69, 9.17) is 4.74 Å². The number of hydrogen-bond acceptors (Lipinski definition) is 3. The number of alkyl halides is 3. The highest BCUT2D eigenvalue weighted by Gasteiger charge is 2.31. The lowest BCUT2D eigenvalue weighted by Gasteiger charge is -2.14. The quantitative estimate of drug-likeness (QED) is 0.681. The molecule has 0 saturated heterocycles. The van der Waals surface area contributed by atoms with Crippen molar-refractivity contribution in [1.82, 2.24) is 9.88 Å². The number of carbonyl (C=O) groups excluding carboxylic acids is 1. The summed E-state index contributed by atoms with van der Waals surface area (Å²) in [5, 5.41) is 2.65. The van der Waals surface area contributed by atoms with Crippen molar-refractivity contribution in [2.45, 2.75) is 19.6 Å². The molecule has 1 heterocycles. The lowest BCUT2D eigenvalue weighted by atomic mass is 10.1. The first-order valence-corrected chi connectivity index (χ1v) is 9.01. The fourth-order valence-electron chi connectivity index (χ4n) is 2.92.